The maximum Gasteiger partial charge on any atom is 0.265 e. The van der Waals surface area contributed by atoms with Crippen molar-refractivity contribution in [1.29, 1.82) is 0 Å². The van der Waals surface area contributed by atoms with Crippen molar-refractivity contribution in [2.75, 3.05) is 26.2 Å². The van der Waals surface area contributed by atoms with E-state index in [0.29, 0.717) is 16.2 Å². The van der Waals surface area contributed by atoms with E-state index in [1.165, 1.54) is 23.1 Å². The Bertz CT molecular complexity index is 1260. The fourth-order valence-electron chi connectivity index (χ4n) is 3.24. The first-order chi connectivity index (χ1) is 14.2. The fraction of sp³-hybridized carbons (Fsp3) is 0.211. The molecule has 158 valence electrons. The van der Waals surface area contributed by atoms with Crippen LogP contribution >= 0.6 is 22.9 Å². The van der Waals surface area contributed by atoms with E-state index in [0.717, 1.165) is 27.8 Å². The summed E-state index contributed by atoms with van der Waals surface area (Å²) in [5, 5.41) is 0.808. The molecule has 0 radical (unpaired) electrons. The molecule has 0 N–H and O–H groups in total. The molecule has 5 nitrogen and oxygen atoms in total. The van der Waals surface area contributed by atoms with Crippen molar-refractivity contribution in [2.45, 2.75) is 4.90 Å². The van der Waals surface area contributed by atoms with Crippen molar-refractivity contribution in [3.05, 3.63) is 63.7 Å². The van der Waals surface area contributed by atoms with Crippen molar-refractivity contribution in [1.82, 2.24) is 9.21 Å². The second kappa shape index (κ2) is 7.84. The molecular weight excluding hydrogens is 461 g/mol. The van der Waals surface area contributed by atoms with Crippen LogP contribution in [-0.4, -0.2) is 49.7 Å². The number of fused-ring (bicyclic) bond motifs is 1. The van der Waals surface area contributed by atoms with Crippen molar-refractivity contribution in [2.24, 2.45) is 0 Å². The normalized spacial score (nSPS) is 15.7. The quantitative estimate of drug-likeness (QED) is 0.574. The van der Waals surface area contributed by atoms with Gasteiger partial charge in [0, 0.05) is 36.3 Å². The highest BCUT2D eigenvalue weighted by atomic mass is 35.5. The van der Waals surface area contributed by atoms with Crippen molar-refractivity contribution < 1.29 is 26.4 Å². The maximum absolute atomic E-state index is 13.4. The minimum absolute atomic E-state index is 0.00971. The van der Waals surface area contributed by atoms with Gasteiger partial charge in [-0.15, -0.1) is 11.3 Å². The highest BCUT2D eigenvalue weighted by molar-refractivity contribution is 7.89. The van der Waals surface area contributed by atoms with Crippen molar-refractivity contribution in [3.63, 3.8) is 0 Å². The van der Waals surface area contributed by atoms with Gasteiger partial charge in [-0.05, 0) is 36.4 Å². The first kappa shape index (κ1) is 21.1. The summed E-state index contributed by atoms with van der Waals surface area (Å²) in [4.78, 5) is 14.3. The van der Waals surface area contributed by atoms with Crippen molar-refractivity contribution in [3.8, 4) is 0 Å². The van der Waals surface area contributed by atoms with Gasteiger partial charge in [0.15, 0.2) is 11.6 Å². The molecule has 4 rings (SSSR count). The Kier molecular flexibility index (Phi) is 5.52. The molecule has 3 aromatic rings. The van der Waals surface area contributed by atoms with Gasteiger partial charge in [-0.25, -0.2) is 21.6 Å². The number of benzene rings is 2. The van der Waals surface area contributed by atoms with Gasteiger partial charge >= 0.3 is 0 Å². The fourth-order valence-corrected chi connectivity index (χ4v) is 6.18. The molecule has 11 heteroatoms. The molecule has 2 heterocycles. The monoisotopic (exact) mass is 474 g/mol. The summed E-state index contributed by atoms with van der Waals surface area (Å²) in [6.45, 7) is 0.176. The maximum atomic E-state index is 13.4. The minimum Gasteiger partial charge on any atom is -0.335 e. The van der Waals surface area contributed by atoms with Crippen LogP contribution in [0.25, 0.3) is 10.1 Å². The predicted molar refractivity (Wildman–Crippen MR) is 108 cm³/mol. The van der Waals surface area contributed by atoms with Crippen LogP contribution in [-0.2, 0) is 10.0 Å². The van der Waals surface area contributed by atoms with Gasteiger partial charge in [-0.1, -0.05) is 11.6 Å². The summed E-state index contributed by atoms with van der Waals surface area (Å²) in [6, 6.07) is 6.46. The molecule has 1 aromatic heterocycles. The zero-order valence-corrected chi connectivity index (χ0v) is 17.6. The topological polar surface area (TPSA) is 57.7 Å². The van der Waals surface area contributed by atoms with Crippen LogP contribution in [0.3, 0.4) is 0 Å². The number of carbonyl (C=O) groups excluding carboxylic acids is 1. The number of sulfonamides is 1. The van der Waals surface area contributed by atoms with Crippen LogP contribution in [0.5, 0.6) is 0 Å². The molecule has 0 unspecified atom stereocenters. The number of rotatable bonds is 3. The molecular formula is C19H14ClF3N2O3S2. The summed E-state index contributed by atoms with van der Waals surface area (Å²) in [6.07, 6.45) is 0. The summed E-state index contributed by atoms with van der Waals surface area (Å²) in [5.74, 6) is -3.19. The van der Waals surface area contributed by atoms with E-state index in [1.807, 2.05) is 0 Å². The molecule has 0 atom stereocenters. The van der Waals surface area contributed by atoms with E-state index in [9.17, 15) is 26.4 Å². The Hall–Kier alpha value is -2.14. The van der Waals surface area contributed by atoms with Crippen LogP contribution in [0.15, 0.2) is 41.3 Å². The first-order valence-corrected chi connectivity index (χ1v) is 11.4. The zero-order valence-electron chi connectivity index (χ0n) is 15.2. The molecule has 0 aliphatic carbocycles. The Balaban J connectivity index is 1.51. The largest absolute Gasteiger partial charge is 0.335 e. The van der Waals surface area contributed by atoms with E-state index in [-0.39, 0.29) is 46.9 Å². The number of halogens is 4. The third kappa shape index (κ3) is 3.68. The Morgan fingerprint density at radius 2 is 1.67 bits per heavy atom. The van der Waals surface area contributed by atoms with Gasteiger partial charge in [-0.3, -0.25) is 4.79 Å². The third-order valence-corrected chi connectivity index (χ3v) is 8.38. The summed E-state index contributed by atoms with van der Waals surface area (Å²) in [7, 11) is -4.02. The lowest BCUT2D eigenvalue weighted by Crippen LogP contribution is -2.50. The number of carbonyl (C=O) groups is 1. The van der Waals surface area contributed by atoms with E-state index >= 15 is 0 Å². The molecule has 1 fully saturated rings. The molecule has 1 amide bonds. The molecule has 0 bridgehead atoms. The molecule has 0 saturated carbocycles. The average Bonchev–Trinajstić information content (AvgIpc) is 3.05. The van der Waals surface area contributed by atoms with Crippen LogP contribution in [0.2, 0.25) is 5.02 Å². The lowest BCUT2D eigenvalue weighted by atomic mass is 10.2. The summed E-state index contributed by atoms with van der Waals surface area (Å²) >= 11 is 7.37. The number of nitrogens with zero attached hydrogens (tertiary/aromatic N) is 2. The highest BCUT2D eigenvalue weighted by Crippen LogP contribution is 2.36. The summed E-state index contributed by atoms with van der Waals surface area (Å²) in [5.41, 5.74) is 0. The lowest BCUT2D eigenvalue weighted by Gasteiger charge is -2.33. The average molecular weight is 475 g/mol. The van der Waals surface area contributed by atoms with Gasteiger partial charge < -0.3 is 4.90 Å². The molecule has 1 saturated heterocycles. The smallest absolute Gasteiger partial charge is 0.265 e. The van der Waals surface area contributed by atoms with Crippen LogP contribution in [0.1, 0.15) is 9.67 Å². The predicted octanol–water partition coefficient (Wildman–Crippen LogP) is 4.12. The molecule has 1 aliphatic rings. The van der Waals surface area contributed by atoms with Gasteiger partial charge in [0.05, 0.1) is 9.92 Å². The number of hydrogen-bond acceptors (Lipinski definition) is 4. The SMILES string of the molecule is O=C(c1sc2cc(F)ccc2c1Cl)N1CCN(S(=O)(=O)c2ccc(F)c(F)c2)CC1. The molecule has 0 spiro atoms. The number of hydrogen-bond donors (Lipinski definition) is 0. The lowest BCUT2D eigenvalue weighted by molar-refractivity contribution is 0.0703. The van der Waals surface area contributed by atoms with Crippen LogP contribution in [0, 0.1) is 17.5 Å². The van der Waals surface area contributed by atoms with Gasteiger partial charge in [0.2, 0.25) is 10.0 Å². The summed E-state index contributed by atoms with van der Waals surface area (Å²) < 4.78 is 67.0. The number of thiophene rings is 1. The number of piperazine rings is 1. The van der Waals surface area contributed by atoms with Gasteiger partial charge in [0.25, 0.3) is 5.91 Å². The van der Waals surface area contributed by atoms with Gasteiger partial charge in [0.1, 0.15) is 10.7 Å². The van der Waals surface area contributed by atoms with Gasteiger partial charge in [-0.2, -0.15) is 4.31 Å². The first-order valence-electron chi connectivity index (χ1n) is 8.80. The Labute approximate surface area is 179 Å². The van der Waals surface area contributed by atoms with E-state index < -0.39 is 27.5 Å². The molecule has 30 heavy (non-hydrogen) atoms. The standard InChI is InChI=1S/C19H14ClF3N2O3S2/c20-17-13-3-1-11(21)9-16(13)29-18(17)19(26)24-5-7-25(8-6-24)30(27,28)12-2-4-14(22)15(23)10-12/h1-4,9-10H,5-8H2. The zero-order chi connectivity index (χ0) is 21.6. The number of amides is 1. The van der Waals surface area contributed by atoms with E-state index in [4.69, 9.17) is 11.6 Å². The van der Waals surface area contributed by atoms with E-state index in [1.54, 1.807) is 0 Å². The molecule has 1 aliphatic heterocycles. The van der Waals surface area contributed by atoms with Crippen LogP contribution in [0.4, 0.5) is 13.2 Å². The van der Waals surface area contributed by atoms with Crippen LogP contribution < -0.4 is 0 Å². The van der Waals surface area contributed by atoms with E-state index in [2.05, 4.69) is 0 Å². The Morgan fingerprint density at radius 1 is 0.967 bits per heavy atom. The highest BCUT2D eigenvalue weighted by Gasteiger charge is 2.32. The Morgan fingerprint density at radius 3 is 2.33 bits per heavy atom. The second-order valence-electron chi connectivity index (χ2n) is 6.66. The molecule has 2 aromatic carbocycles. The van der Waals surface area contributed by atoms with Crippen molar-refractivity contribution >= 4 is 49.0 Å². The second-order valence-corrected chi connectivity index (χ2v) is 10.0. The minimum atomic E-state index is -4.02. The third-order valence-electron chi connectivity index (χ3n) is 4.84.